The van der Waals surface area contributed by atoms with Crippen molar-refractivity contribution in [1.29, 1.82) is 0 Å². The van der Waals surface area contributed by atoms with Gasteiger partial charge < -0.3 is 10.2 Å². The van der Waals surface area contributed by atoms with E-state index in [0.717, 1.165) is 22.3 Å². The van der Waals surface area contributed by atoms with E-state index in [1.165, 1.54) is 11.1 Å². The molecule has 0 saturated heterocycles. The van der Waals surface area contributed by atoms with E-state index in [2.05, 4.69) is 13.5 Å². The molecule has 3 heteroatoms. The van der Waals surface area contributed by atoms with Crippen molar-refractivity contribution in [1.82, 2.24) is 0 Å². The Labute approximate surface area is 158 Å². The van der Waals surface area contributed by atoms with Crippen LogP contribution in [0.5, 0.6) is 5.75 Å². The number of hydrogen-bond acceptors (Lipinski definition) is 2. The van der Waals surface area contributed by atoms with E-state index < -0.39 is 0 Å². The van der Waals surface area contributed by atoms with Crippen molar-refractivity contribution in [2.75, 3.05) is 0 Å². The first-order valence-electron chi connectivity index (χ1n) is 6.99. The van der Waals surface area contributed by atoms with Crippen LogP contribution in [0.4, 0.5) is 0 Å². The Kier molecular flexibility index (Phi) is 9.51. The summed E-state index contributed by atoms with van der Waals surface area (Å²) in [5.41, 5.74) is 6.42. The number of aliphatic hydroxyl groups is 1. The third-order valence-electron chi connectivity index (χ3n) is 3.71. The Hall–Kier alpha value is -0.956. The van der Waals surface area contributed by atoms with E-state index >= 15 is 0 Å². The van der Waals surface area contributed by atoms with Crippen molar-refractivity contribution in [3.63, 3.8) is 0 Å². The average Bonchev–Trinajstić information content (AvgIpc) is 2.51. The maximum Gasteiger partial charge on any atom is 0.121 e. The van der Waals surface area contributed by atoms with Gasteiger partial charge in [0.15, 0.2) is 0 Å². The molecule has 0 saturated carbocycles. The molecule has 1 radical (unpaired) electrons. The molecule has 22 heavy (non-hydrogen) atoms. The first kappa shape index (κ1) is 21.0. The molecule has 2 N–H and O–H groups in total. The van der Waals surface area contributed by atoms with Crippen LogP contribution in [0.15, 0.2) is 36.9 Å². The Morgan fingerprint density at radius 1 is 0.955 bits per heavy atom. The Morgan fingerprint density at radius 2 is 1.50 bits per heavy atom. The molecule has 2 aromatic carbocycles. The summed E-state index contributed by atoms with van der Waals surface area (Å²) in [6, 6.07) is 9.64. The van der Waals surface area contributed by atoms with Crippen molar-refractivity contribution >= 4 is 6.08 Å². The summed E-state index contributed by atoms with van der Waals surface area (Å²) in [6.45, 7) is 11.7. The molecule has 0 aliphatic heterocycles. The molecule has 0 aliphatic rings. The number of phenolic OH excluding ortho intramolecular Hbond substituents is 1. The van der Waals surface area contributed by atoms with Gasteiger partial charge in [0.25, 0.3) is 0 Å². The number of benzene rings is 2. The predicted octanol–water partition coefficient (Wildman–Crippen LogP) is 4.45. The van der Waals surface area contributed by atoms with E-state index in [0.29, 0.717) is 5.75 Å². The Bertz CT molecular complexity index is 590. The maximum atomic E-state index is 9.51. The quantitative estimate of drug-likeness (QED) is 0.817. The van der Waals surface area contributed by atoms with Crippen LogP contribution < -0.4 is 0 Å². The zero-order valence-corrected chi connectivity index (χ0v) is 16.7. The third-order valence-corrected chi connectivity index (χ3v) is 3.71. The van der Waals surface area contributed by atoms with Crippen LogP contribution in [0.2, 0.25) is 0 Å². The van der Waals surface area contributed by atoms with Crippen LogP contribution in [0.1, 0.15) is 33.4 Å². The number of rotatable bonds is 2. The fourth-order valence-corrected chi connectivity index (χ4v) is 2.03. The van der Waals surface area contributed by atoms with E-state index in [9.17, 15) is 5.11 Å². The summed E-state index contributed by atoms with van der Waals surface area (Å²) < 4.78 is 0. The largest absolute Gasteiger partial charge is 0.507 e. The zero-order chi connectivity index (χ0) is 16.0. The molecular weight excluding hydrogens is 349 g/mol. The van der Waals surface area contributed by atoms with Gasteiger partial charge in [0.2, 0.25) is 0 Å². The van der Waals surface area contributed by atoms with Gasteiger partial charge in [-0.25, -0.2) is 0 Å². The number of aromatic hydroxyl groups is 1. The fourth-order valence-electron chi connectivity index (χ4n) is 2.03. The summed E-state index contributed by atoms with van der Waals surface area (Å²) in [5, 5.41) is 18.2. The minimum absolute atomic E-state index is 0. The van der Waals surface area contributed by atoms with Gasteiger partial charge in [-0.2, -0.15) is 0 Å². The molecule has 0 fully saturated rings. The first-order chi connectivity index (χ1) is 9.90. The van der Waals surface area contributed by atoms with Crippen LogP contribution in [0.3, 0.4) is 0 Å². The SMILES string of the molecule is C=Cc1ccc(CO)cc1.Cc1cc(C)c(O)c(C)c1C.[Y]. The van der Waals surface area contributed by atoms with Crippen molar-refractivity contribution in [3.05, 3.63) is 70.3 Å². The van der Waals surface area contributed by atoms with Gasteiger partial charge in [-0.3, -0.25) is 0 Å². The maximum absolute atomic E-state index is 9.51. The molecule has 0 bridgehead atoms. The molecule has 0 spiro atoms. The molecule has 2 nitrogen and oxygen atoms in total. The second kappa shape index (κ2) is 9.94. The van der Waals surface area contributed by atoms with Crippen LogP contribution in [0.25, 0.3) is 6.08 Å². The average molecular weight is 373 g/mol. The summed E-state index contributed by atoms with van der Waals surface area (Å²) in [7, 11) is 0. The number of hydrogen-bond donors (Lipinski definition) is 2. The van der Waals surface area contributed by atoms with Crippen LogP contribution in [-0.2, 0) is 39.3 Å². The van der Waals surface area contributed by atoms with Gasteiger partial charge in [-0.15, -0.1) is 0 Å². The summed E-state index contributed by atoms with van der Waals surface area (Å²) in [4.78, 5) is 0. The second-order valence-corrected chi connectivity index (χ2v) is 5.21. The normalized spacial score (nSPS) is 9.32. The van der Waals surface area contributed by atoms with E-state index in [-0.39, 0.29) is 39.3 Å². The van der Waals surface area contributed by atoms with Crippen molar-refractivity contribution < 1.29 is 42.9 Å². The van der Waals surface area contributed by atoms with Crippen molar-refractivity contribution in [2.24, 2.45) is 0 Å². The van der Waals surface area contributed by atoms with Gasteiger partial charge >= 0.3 is 0 Å². The predicted molar refractivity (Wildman–Crippen MR) is 89.5 cm³/mol. The molecule has 0 unspecified atom stereocenters. The molecular formula is C19H24O2Y. The monoisotopic (exact) mass is 373 g/mol. The summed E-state index contributed by atoms with van der Waals surface area (Å²) in [5.74, 6) is 0.438. The topological polar surface area (TPSA) is 40.5 Å². The van der Waals surface area contributed by atoms with E-state index in [4.69, 9.17) is 5.11 Å². The van der Waals surface area contributed by atoms with Gasteiger partial charge in [0.05, 0.1) is 6.61 Å². The fraction of sp³-hybridized carbons (Fsp3) is 0.263. The van der Waals surface area contributed by atoms with E-state index in [1.54, 1.807) is 6.08 Å². The third kappa shape index (κ3) is 5.68. The molecule has 0 aliphatic carbocycles. The minimum atomic E-state index is 0. The number of aliphatic hydroxyl groups excluding tert-OH is 1. The first-order valence-corrected chi connectivity index (χ1v) is 6.99. The van der Waals surface area contributed by atoms with Gasteiger partial charge in [0, 0.05) is 32.7 Å². The van der Waals surface area contributed by atoms with Gasteiger partial charge in [-0.05, 0) is 61.1 Å². The number of phenols is 1. The van der Waals surface area contributed by atoms with Gasteiger partial charge in [-0.1, -0.05) is 43.0 Å². The Morgan fingerprint density at radius 3 is 1.95 bits per heavy atom. The van der Waals surface area contributed by atoms with Crippen molar-refractivity contribution in [2.45, 2.75) is 34.3 Å². The second-order valence-electron chi connectivity index (χ2n) is 5.21. The standard InChI is InChI=1S/C10H14O.C9H10O.Y/c1-6-5-7(2)10(11)9(4)8(6)3;1-2-8-3-5-9(7-10)6-4-8;/h5,11H,1-4H3;2-6,10H,1,7H2;. The van der Waals surface area contributed by atoms with Crippen LogP contribution in [-0.4, -0.2) is 10.2 Å². The molecule has 2 rings (SSSR count). The van der Waals surface area contributed by atoms with Crippen molar-refractivity contribution in [3.8, 4) is 5.75 Å². The van der Waals surface area contributed by atoms with E-state index in [1.807, 2.05) is 51.1 Å². The summed E-state index contributed by atoms with van der Waals surface area (Å²) in [6.07, 6.45) is 1.78. The van der Waals surface area contributed by atoms with Crippen LogP contribution >= 0.6 is 0 Å². The molecule has 0 aromatic heterocycles. The molecule has 115 valence electrons. The zero-order valence-electron chi connectivity index (χ0n) is 13.9. The molecule has 0 heterocycles. The molecule has 0 atom stereocenters. The minimum Gasteiger partial charge on any atom is -0.507 e. The number of aryl methyl sites for hydroxylation is 2. The van der Waals surface area contributed by atoms with Crippen LogP contribution in [0, 0.1) is 27.7 Å². The smallest absolute Gasteiger partial charge is 0.121 e. The Balaban J connectivity index is 0.000000385. The summed E-state index contributed by atoms with van der Waals surface area (Å²) >= 11 is 0. The van der Waals surface area contributed by atoms with Gasteiger partial charge in [0.1, 0.15) is 5.75 Å². The molecule has 2 aromatic rings. The molecule has 0 amide bonds.